The highest BCUT2D eigenvalue weighted by atomic mass is 32.2. The second-order valence-corrected chi connectivity index (χ2v) is 11.9. The number of halogens is 1. The van der Waals surface area contributed by atoms with Crippen molar-refractivity contribution in [3.8, 4) is 0 Å². The Kier molecular flexibility index (Phi) is 7.79. The van der Waals surface area contributed by atoms with Crippen molar-refractivity contribution in [1.29, 1.82) is 0 Å². The Bertz CT molecular complexity index is 1640. The molecule has 11 heteroatoms. The first-order chi connectivity index (χ1) is 18.1. The molecule has 4 rings (SSSR count). The number of nitrogens with one attached hydrogen (secondary N) is 2. The lowest BCUT2D eigenvalue weighted by Crippen LogP contribution is -2.38. The summed E-state index contributed by atoms with van der Waals surface area (Å²) in [6.45, 7) is 1.08. The van der Waals surface area contributed by atoms with Crippen LogP contribution in [0.5, 0.6) is 0 Å². The van der Waals surface area contributed by atoms with E-state index >= 15 is 0 Å². The molecule has 4 aromatic carbocycles. The van der Waals surface area contributed by atoms with Crippen molar-refractivity contribution in [2.45, 2.75) is 16.7 Å². The number of anilines is 3. The number of aryl methyl sites for hydroxylation is 1. The van der Waals surface area contributed by atoms with Gasteiger partial charge in [0.1, 0.15) is 12.4 Å². The van der Waals surface area contributed by atoms with Crippen molar-refractivity contribution < 1.29 is 26.0 Å². The standard InChI is InChI=1S/C27H24FN3O5S2/c1-20-11-15-24(16-12-20)38(35,36)31(26-10-6-5-9-25(26)28)19-27(32)29-21-13-17-23(18-14-21)37(33,34)30-22-7-3-2-4-8-22/h2-18,30H,19H2,1H3,(H,29,32). The van der Waals surface area contributed by atoms with Gasteiger partial charge in [-0.3, -0.25) is 13.8 Å². The maximum Gasteiger partial charge on any atom is 0.264 e. The van der Waals surface area contributed by atoms with Gasteiger partial charge in [0, 0.05) is 11.4 Å². The van der Waals surface area contributed by atoms with E-state index in [1.807, 2.05) is 0 Å². The Morgan fingerprint density at radius 2 is 1.32 bits per heavy atom. The van der Waals surface area contributed by atoms with Gasteiger partial charge in [0.05, 0.1) is 15.5 Å². The van der Waals surface area contributed by atoms with Crippen LogP contribution in [-0.4, -0.2) is 29.3 Å². The number of hydrogen-bond donors (Lipinski definition) is 2. The van der Waals surface area contributed by atoms with Crippen LogP contribution in [0.3, 0.4) is 0 Å². The van der Waals surface area contributed by atoms with Crippen LogP contribution in [0.15, 0.2) is 113 Å². The van der Waals surface area contributed by atoms with Crippen LogP contribution in [0.2, 0.25) is 0 Å². The first-order valence-electron chi connectivity index (χ1n) is 11.4. The van der Waals surface area contributed by atoms with Crippen molar-refractivity contribution in [2.75, 3.05) is 20.9 Å². The number of rotatable bonds is 9. The zero-order valence-corrected chi connectivity index (χ0v) is 21.8. The van der Waals surface area contributed by atoms with Crippen LogP contribution in [0, 0.1) is 12.7 Å². The van der Waals surface area contributed by atoms with Gasteiger partial charge >= 0.3 is 0 Å². The normalized spacial score (nSPS) is 11.5. The fourth-order valence-corrected chi connectivity index (χ4v) is 6.05. The summed E-state index contributed by atoms with van der Waals surface area (Å²) >= 11 is 0. The number of hydrogen-bond acceptors (Lipinski definition) is 5. The van der Waals surface area contributed by atoms with E-state index in [2.05, 4.69) is 10.0 Å². The summed E-state index contributed by atoms with van der Waals surface area (Å²) in [6.07, 6.45) is 0. The van der Waals surface area contributed by atoms with Crippen molar-refractivity contribution in [2.24, 2.45) is 0 Å². The topological polar surface area (TPSA) is 113 Å². The predicted molar refractivity (Wildman–Crippen MR) is 144 cm³/mol. The molecular weight excluding hydrogens is 529 g/mol. The van der Waals surface area contributed by atoms with E-state index in [1.165, 1.54) is 54.6 Å². The van der Waals surface area contributed by atoms with Crippen LogP contribution in [0.1, 0.15) is 5.56 Å². The average molecular weight is 554 g/mol. The van der Waals surface area contributed by atoms with Crippen LogP contribution < -0.4 is 14.3 Å². The third-order valence-electron chi connectivity index (χ3n) is 5.49. The van der Waals surface area contributed by atoms with E-state index in [0.29, 0.717) is 9.99 Å². The van der Waals surface area contributed by atoms with Crippen LogP contribution >= 0.6 is 0 Å². The number of carbonyl (C=O) groups is 1. The predicted octanol–water partition coefficient (Wildman–Crippen LogP) is 4.77. The molecule has 0 fully saturated rings. The summed E-state index contributed by atoms with van der Waals surface area (Å²) in [5, 5.41) is 2.54. The minimum Gasteiger partial charge on any atom is -0.325 e. The van der Waals surface area contributed by atoms with Crippen LogP contribution in [0.4, 0.5) is 21.5 Å². The Morgan fingerprint density at radius 3 is 1.95 bits per heavy atom. The molecule has 38 heavy (non-hydrogen) atoms. The van der Waals surface area contributed by atoms with E-state index in [1.54, 1.807) is 49.4 Å². The molecule has 0 spiro atoms. The molecule has 0 heterocycles. The molecule has 0 saturated heterocycles. The highest BCUT2D eigenvalue weighted by Crippen LogP contribution is 2.27. The molecule has 8 nitrogen and oxygen atoms in total. The minimum absolute atomic E-state index is 0.0331. The summed E-state index contributed by atoms with van der Waals surface area (Å²) in [6, 6.07) is 25.0. The smallest absolute Gasteiger partial charge is 0.264 e. The van der Waals surface area contributed by atoms with E-state index in [4.69, 9.17) is 0 Å². The average Bonchev–Trinajstić information content (AvgIpc) is 2.89. The highest BCUT2D eigenvalue weighted by Gasteiger charge is 2.29. The van der Waals surface area contributed by atoms with Crippen molar-refractivity contribution >= 4 is 43.0 Å². The van der Waals surface area contributed by atoms with Crippen LogP contribution in [-0.2, 0) is 24.8 Å². The summed E-state index contributed by atoms with van der Waals surface area (Å²) in [5.74, 6) is -1.56. The maximum absolute atomic E-state index is 14.6. The van der Waals surface area contributed by atoms with Gasteiger partial charge in [0.15, 0.2) is 0 Å². The van der Waals surface area contributed by atoms with Gasteiger partial charge in [-0.15, -0.1) is 0 Å². The molecule has 0 unspecified atom stereocenters. The first-order valence-corrected chi connectivity index (χ1v) is 14.3. The molecule has 2 N–H and O–H groups in total. The third kappa shape index (κ3) is 6.18. The minimum atomic E-state index is -4.29. The Labute approximate surface area is 220 Å². The molecular formula is C27H24FN3O5S2. The fourth-order valence-electron chi connectivity index (χ4n) is 3.56. The number of sulfonamides is 2. The summed E-state index contributed by atoms with van der Waals surface area (Å²) in [4.78, 5) is 12.8. The summed E-state index contributed by atoms with van der Waals surface area (Å²) in [5.41, 5.74) is 1.18. The van der Waals surface area contributed by atoms with Gasteiger partial charge in [0.25, 0.3) is 20.0 Å². The molecule has 1 amide bonds. The molecule has 0 bridgehead atoms. The Balaban J connectivity index is 1.54. The lowest BCUT2D eigenvalue weighted by Gasteiger charge is -2.24. The zero-order chi connectivity index (χ0) is 27.3. The van der Waals surface area contributed by atoms with Gasteiger partial charge in [-0.25, -0.2) is 21.2 Å². The van der Waals surface area contributed by atoms with Crippen molar-refractivity contribution in [1.82, 2.24) is 0 Å². The molecule has 0 radical (unpaired) electrons. The monoisotopic (exact) mass is 553 g/mol. The third-order valence-corrected chi connectivity index (χ3v) is 8.66. The molecule has 0 atom stereocenters. The van der Waals surface area contributed by atoms with Gasteiger partial charge in [0.2, 0.25) is 5.91 Å². The largest absolute Gasteiger partial charge is 0.325 e. The molecule has 4 aromatic rings. The lowest BCUT2D eigenvalue weighted by atomic mass is 10.2. The summed E-state index contributed by atoms with van der Waals surface area (Å²) < 4.78 is 69.8. The molecule has 0 aliphatic heterocycles. The van der Waals surface area contributed by atoms with Gasteiger partial charge in [-0.1, -0.05) is 48.0 Å². The highest BCUT2D eigenvalue weighted by molar-refractivity contribution is 7.93. The molecule has 0 aliphatic carbocycles. The fraction of sp³-hybridized carbons (Fsp3) is 0.0741. The molecule has 0 aromatic heterocycles. The number of amides is 1. The number of carbonyl (C=O) groups excluding carboxylic acids is 1. The Morgan fingerprint density at radius 1 is 0.737 bits per heavy atom. The van der Waals surface area contributed by atoms with Crippen molar-refractivity contribution in [3.05, 3.63) is 115 Å². The molecule has 0 aliphatic rings. The van der Waals surface area contributed by atoms with E-state index in [9.17, 15) is 26.0 Å². The second kappa shape index (κ2) is 11.0. The maximum atomic E-state index is 14.6. The Hall–Kier alpha value is -4.22. The molecule has 196 valence electrons. The number of para-hydroxylation sites is 2. The quantitative estimate of drug-likeness (QED) is 0.310. The number of nitrogens with zero attached hydrogens (tertiary/aromatic N) is 1. The lowest BCUT2D eigenvalue weighted by molar-refractivity contribution is -0.114. The van der Waals surface area contributed by atoms with Gasteiger partial charge in [-0.2, -0.15) is 0 Å². The zero-order valence-electron chi connectivity index (χ0n) is 20.2. The first kappa shape index (κ1) is 26.8. The SMILES string of the molecule is Cc1ccc(S(=O)(=O)N(CC(=O)Nc2ccc(S(=O)(=O)Nc3ccccc3)cc2)c2ccccc2F)cc1. The summed E-state index contributed by atoms with van der Waals surface area (Å²) in [7, 11) is -8.16. The van der Waals surface area contributed by atoms with E-state index < -0.39 is 38.3 Å². The van der Waals surface area contributed by atoms with Crippen molar-refractivity contribution in [3.63, 3.8) is 0 Å². The molecule has 0 saturated carbocycles. The van der Waals surface area contributed by atoms with Gasteiger partial charge < -0.3 is 5.32 Å². The van der Waals surface area contributed by atoms with Gasteiger partial charge in [-0.05, 0) is 67.6 Å². The van der Waals surface area contributed by atoms with Crippen LogP contribution in [0.25, 0.3) is 0 Å². The second-order valence-electron chi connectivity index (χ2n) is 8.32. The number of benzene rings is 4. The van der Waals surface area contributed by atoms with E-state index in [0.717, 1.165) is 11.6 Å². The van der Waals surface area contributed by atoms with E-state index in [-0.39, 0.29) is 21.2 Å².